The fraction of sp³-hybridized carbons (Fsp3) is 0.286. The molecule has 2 rings (SSSR count). The Morgan fingerprint density at radius 1 is 1.26 bits per heavy atom. The molecule has 0 unspecified atom stereocenters. The van der Waals surface area contributed by atoms with Crippen LogP contribution in [0, 0.1) is 13.8 Å². The zero-order valence-electron chi connectivity index (χ0n) is 12.7. The van der Waals surface area contributed by atoms with Crippen LogP contribution in [0.2, 0.25) is 5.02 Å². The predicted octanol–water partition coefficient (Wildman–Crippen LogP) is 1.39. The normalized spacial score (nSPS) is 11.4. The van der Waals surface area contributed by atoms with Crippen LogP contribution in [0.3, 0.4) is 0 Å². The molecule has 3 N–H and O–H groups in total. The van der Waals surface area contributed by atoms with E-state index in [1.807, 2.05) is 0 Å². The monoisotopic (exact) mass is 356 g/mol. The summed E-state index contributed by atoms with van der Waals surface area (Å²) in [5.74, 6) is -0.356. The van der Waals surface area contributed by atoms with E-state index in [9.17, 15) is 13.2 Å². The lowest BCUT2D eigenvalue weighted by Crippen LogP contribution is -2.35. The second kappa shape index (κ2) is 7.12. The van der Waals surface area contributed by atoms with Crippen molar-refractivity contribution in [1.29, 1.82) is 0 Å². The zero-order chi connectivity index (χ0) is 17.0. The summed E-state index contributed by atoms with van der Waals surface area (Å²) in [5, 5.41) is 9.44. The highest BCUT2D eigenvalue weighted by Gasteiger charge is 2.21. The van der Waals surface area contributed by atoms with Crippen LogP contribution in [0.4, 0.5) is 0 Å². The fourth-order valence-corrected chi connectivity index (χ4v) is 3.73. The molecule has 0 saturated heterocycles. The number of hydrogen-bond acceptors (Lipinski definition) is 4. The molecule has 23 heavy (non-hydrogen) atoms. The Morgan fingerprint density at radius 3 is 2.57 bits per heavy atom. The number of halogens is 1. The maximum atomic E-state index is 12.2. The number of benzene rings is 1. The average Bonchev–Trinajstić information content (AvgIpc) is 2.83. The van der Waals surface area contributed by atoms with Crippen molar-refractivity contribution >= 4 is 27.5 Å². The molecule has 1 aromatic carbocycles. The highest BCUT2D eigenvalue weighted by molar-refractivity contribution is 7.89. The summed E-state index contributed by atoms with van der Waals surface area (Å²) >= 11 is 5.92. The topological polar surface area (TPSA) is 104 Å². The van der Waals surface area contributed by atoms with Crippen molar-refractivity contribution in [2.45, 2.75) is 18.7 Å². The molecule has 0 aliphatic rings. The molecule has 1 aromatic heterocycles. The highest BCUT2D eigenvalue weighted by Crippen LogP contribution is 2.16. The molecule has 7 nitrogen and oxygen atoms in total. The SMILES string of the molecule is Cc1n[nH]c(C)c1S(=O)(=O)NCCNC(=O)c1ccccc1Cl. The van der Waals surface area contributed by atoms with Crippen LogP contribution >= 0.6 is 11.6 Å². The van der Waals surface area contributed by atoms with E-state index in [2.05, 4.69) is 20.2 Å². The lowest BCUT2D eigenvalue weighted by Gasteiger charge is -2.09. The number of H-pyrrole nitrogens is 1. The number of carbonyl (C=O) groups is 1. The first kappa shape index (κ1) is 17.5. The third kappa shape index (κ3) is 4.10. The molecule has 9 heteroatoms. The Bertz CT molecular complexity index is 798. The maximum absolute atomic E-state index is 12.2. The first-order valence-electron chi connectivity index (χ1n) is 6.87. The van der Waals surface area contributed by atoms with E-state index in [-0.39, 0.29) is 23.9 Å². The predicted molar refractivity (Wildman–Crippen MR) is 87.0 cm³/mol. The number of aromatic nitrogens is 2. The number of aromatic amines is 1. The summed E-state index contributed by atoms with van der Waals surface area (Å²) in [6, 6.07) is 6.64. The second-order valence-electron chi connectivity index (χ2n) is 4.90. The lowest BCUT2D eigenvalue weighted by atomic mass is 10.2. The van der Waals surface area contributed by atoms with Gasteiger partial charge in [-0.3, -0.25) is 9.89 Å². The number of rotatable bonds is 6. The molecule has 0 aliphatic heterocycles. The Labute approximate surface area is 139 Å². The Balaban J connectivity index is 1.91. The van der Waals surface area contributed by atoms with E-state index in [1.165, 1.54) is 0 Å². The van der Waals surface area contributed by atoms with Gasteiger partial charge in [-0.25, -0.2) is 13.1 Å². The van der Waals surface area contributed by atoms with Gasteiger partial charge in [0.2, 0.25) is 10.0 Å². The van der Waals surface area contributed by atoms with Gasteiger partial charge in [0, 0.05) is 13.1 Å². The minimum Gasteiger partial charge on any atom is -0.351 e. The van der Waals surface area contributed by atoms with Gasteiger partial charge in [-0.15, -0.1) is 0 Å². The fourth-order valence-electron chi connectivity index (χ4n) is 2.11. The van der Waals surface area contributed by atoms with Gasteiger partial charge in [-0.1, -0.05) is 23.7 Å². The van der Waals surface area contributed by atoms with Gasteiger partial charge in [0.15, 0.2) is 0 Å². The maximum Gasteiger partial charge on any atom is 0.252 e. The van der Waals surface area contributed by atoms with Crippen LogP contribution in [0.25, 0.3) is 0 Å². The van der Waals surface area contributed by atoms with E-state index in [0.29, 0.717) is 22.0 Å². The molecule has 0 radical (unpaired) electrons. The Morgan fingerprint density at radius 2 is 1.96 bits per heavy atom. The van der Waals surface area contributed by atoms with Gasteiger partial charge in [0.25, 0.3) is 5.91 Å². The summed E-state index contributed by atoms with van der Waals surface area (Å²) in [4.78, 5) is 12.1. The summed E-state index contributed by atoms with van der Waals surface area (Å²) in [6.45, 7) is 3.44. The van der Waals surface area contributed by atoms with Crippen molar-refractivity contribution in [3.63, 3.8) is 0 Å². The number of aryl methyl sites for hydroxylation is 2. The minimum absolute atomic E-state index is 0.0581. The van der Waals surface area contributed by atoms with Crippen molar-refractivity contribution < 1.29 is 13.2 Å². The van der Waals surface area contributed by atoms with E-state index >= 15 is 0 Å². The van der Waals surface area contributed by atoms with Gasteiger partial charge >= 0.3 is 0 Å². The summed E-state index contributed by atoms with van der Waals surface area (Å²) in [5.41, 5.74) is 1.21. The number of amides is 1. The largest absolute Gasteiger partial charge is 0.351 e. The smallest absolute Gasteiger partial charge is 0.252 e. The van der Waals surface area contributed by atoms with E-state index in [4.69, 9.17) is 11.6 Å². The quantitative estimate of drug-likeness (QED) is 0.680. The molecule has 2 aromatic rings. The molecular formula is C14H17ClN4O3S. The second-order valence-corrected chi connectivity index (χ2v) is 7.01. The molecule has 1 heterocycles. The summed E-state index contributed by atoms with van der Waals surface area (Å²) in [6.07, 6.45) is 0. The molecular weight excluding hydrogens is 340 g/mol. The van der Waals surface area contributed by atoms with Gasteiger partial charge in [0.1, 0.15) is 4.90 Å². The van der Waals surface area contributed by atoms with Gasteiger partial charge in [-0.2, -0.15) is 5.10 Å². The molecule has 0 aliphatic carbocycles. The lowest BCUT2D eigenvalue weighted by molar-refractivity contribution is 0.0954. The highest BCUT2D eigenvalue weighted by atomic mass is 35.5. The van der Waals surface area contributed by atoms with Crippen molar-refractivity contribution in [1.82, 2.24) is 20.2 Å². The minimum atomic E-state index is -3.67. The third-order valence-corrected chi connectivity index (χ3v) is 5.20. The zero-order valence-corrected chi connectivity index (χ0v) is 14.3. The van der Waals surface area contributed by atoms with E-state index in [1.54, 1.807) is 38.1 Å². The molecule has 0 atom stereocenters. The van der Waals surface area contributed by atoms with Crippen molar-refractivity contribution in [3.8, 4) is 0 Å². The van der Waals surface area contributed by atoms with Crippen LogP contribution in [0.1, 0.15) is 21.7 Å². The molecule has 0 fully saturated rings. The van der Waals surface area contributed by atoms with Crippen LogP contribution in [-0.2, 0) is 10.0 Å². The van der Waals surface area contributed by atoms with Crippen LogP contribution in [-0.4, -0.2) is 37.6 Å². The first-order chi connectivity index (χ1) is 10.8. The molecule has 124 valence electrons. The number of carbonyl (C=O) groups excluding carboxylic acids is 1. The number of nitrogens with one attached hydrogen (secondary N) is 3. The standard InChI is InChI=1S/C14H17ClN4O3S/c1-9-13(10(2)19-18-9)23(21,22)17-8-7-16-14(20)11-5-3-4-6-12(11)15/h3-6,17H,7-8H2,1-2H3,(H,16,20)(H,18,19). The van der Waals surface area contributed by atoms with Gasteiger partial charge < -0.3 is 5.32 Å². The first-order valence-corrected chi connectivity index (χ1v) is 8.73. The van der Waals surface area contributed by atoms with E-state index < -0.39 is 10.0 Å². The van der Waals surface area contributed by atoms with Crippen molar-refractivity contribution in [2.75, 3.05) is 13.1 Å². The number of nitrogens with zero attached hydrogens (tertiary/aromatic N) is 1. The molecule has 0 bridgehead atoms. The van der Waals surface area contributed by atoms with Crippen LogP contribution in [0.5, 0.6) is 0 Å². The average molecular weight is 357 g/mol. The van der Waals surface area contributed by atoms with Gasteiger partial charge in [0.05, 0.1) is 22.0 Å². The van der Waals surface area contributed by atoms with Gasteiger partial charge in [-0.05, 0) is 26.0 Å². The van der Waals surface area contributed by atoms with Crippen LogP contribution in [0.15, 0.2) is 29.2 Å². The molecule has 0 spiro atoms. The van der Waals surface area contributed by atoms with Crippen molar-refractivity contribution in [3.05, 3.63) is 46.2 Å². The Hall–Kier alpha value is -1.90. The van der Waals surface area contributed by atoms with Crippen LogP contribution < -0.4 is 10.0 Å². The molecule has 1 amide bonds. The number of sulfonamides is 1. The van der Waals surface area contributed by atoms with E-state index in [0.717, 1.165) is 0 Å². The Kier molecular flexibility index (Phi) is 5.40. The third-order valence-electron chi connectivity index (χ3n) is 3.15. The molecule has 0 saturated carbocycles. The summed E-state index contributed by atoms with van der Waals surface area (Å²) in [7, 11) is -3.67. The van der Waals surface area contributed by atoms with Crippen molar-refractivity contribution in [2.24, 2.45) is 0 Å². The number of hydrogen-bond donors (Lipinski definition) is 3. The summed E-state index contributed by atoms with van der Waals surface area (Å²) < 4.78 is 26.8.